The number of methoxy groups -OCH3 is 1. The Morgan fingerprint density at radius 1 is 1.50 bits per heavy atom. The molecule has 0 heterocycles. The number of anilines is 1. The van der Waals surface area contributed by atoms with Crippen LogP contribution in [0, 0.1) is 6.92 Å². The molecule has 1 aromatic rings. The maximum atomic E-state index is 11.8. The SMILES string of the molecule is COCCNC(=O)C(C)Nc1cc(Cl)ccc1C. The van der Waals surface area contributed by atoms with Gasteiger partial charge in [0.1, 0.15) is 6.04 Å². The second-order valence-electron chi connectivity index (χ2n) is 4.11. The summed E-state index contributed by atoms with van der Waals surface area (Å²) in [5.41, 5.74) is 1.92. The number of hydrogen-bond donors (Lipinski definition) is 2. The van der Waals surface area contributed by atoms with Gasteiger partial charge in [-0.1, -0.05) is 17.7 Å². The van der Waals surface area contributed by atoms with Crippen molar-refractivity contribution in [3.8, 4) is 0 Å². The van der Waals surface area contributed by atoms with Crippen molar-refractivity contribution in [2.24, 2.45) is 0 Å². The maximum absolute atomic E-state index is 11.8. The van der Waals surface area contributed by atoms with Gasteiger partial charge in [-0.05, 0) is 31.5 Å². The van der Waals surface area contributed by atoms with Crippen molar-refractivity contribution in [1.29, 1.82) is 0 Å². The topological polar surface area (TPSA) is 50.4 Å². The molecule has 0 fully saturated rings. The molecule has 0 saturated heterocycles. The third-order valence-electron chi connectivity index (χ3n) is 2.57. The Kier molecular flexibility index (Phi) is 5.95. The van der Waals surface area contributed by atoms with E-state index < -0.39 is 0 Å². The zero-order valence-corrected chi connectivity index (χ0v) is 11.7. The van der Waals surface area contributed by atoms with E-state index in [2.05, 4.69) is 10.6 Å². The van der Waals surface area contributed by atoms with E-state index in [0.29, 0.717) is 18.2 Å². The average Bonchev–Trinajstić information content (AvgIpc) is 2.34. The number of carbonyl (C=O) groups is 1. The largest absolute Gasteiger partial charge is 0.383 e. The molecule has 0 aromatic heterocycles. The molecule has 0 spiro atoms. The Balaban J connectivity index is 2.55. The molecule has 0 radical (unpaired) electrons. The second-order valence-corrected chi connectivity index (χ2v) is 4.55. The summed E-state index contributed by atoms with van der Waals surface area (Å²) in [5, 5.41) is 6.57. The standard InChI is InChI=1S/C13H19ClN2O2/c1-9-4-5-11(14)8-12(9)16-10(2)13(17)15-6-7-18-3/h4-5,8,10,16H,6-7H2,1-3H3,(H,15,17). The Hall–Kier alpha value is -1.26. The minimum atomic E-state index is -0.320. The normalized spacial score (nSPS) is 12.0. The molecular weight excluding hydrogens is 252 g/mol. The van der Waals surface area contributed by atoms with Crippen LogP contribution in [0.3, 0.4) is 0 Å². The Labute approximate surface area is 113 Å². The van der Waals surface area contributed by atoms with Crippen LogP contribution >= 0.6 is 11.6 Å². The number of nitrogens with one attached hydrogen (secondary N) is 2. The van der Waals surface area contributed by atoms with Gasteiger partial charge in [0, 0.05) is 24.4 Å². The highest BCUT2D eigenvalue weighted by atomic mass is 35.5. The summed E-state index contributed by atoms with van der Waals surface area (Å²) in [6.07, 6.45) is 0. The van der Waals surface area contributed by atoms with Crippen molar-refractivity contribution in [3.63, 3.8) is 0 Å². The van der Waals surface area contributed by atoms with Crippen molar-refractivity contribution < 1.29 is 9.53 Å². The minimum Gasteiger partial charge on any atom is -0.383 e. The Morgan fingerprint density at radius 2 is 2.22 bits per heavy atom. The van der Waals surface area contributed by atoms with Crippen LogP contribution in [0.4, 0.5) is 5.69 Å². The van der Waals surface area contributed by atoms with Gasteiger partial charge in [0.2, 0.25) is 5.91 Å². The maximum Gasteiger partial charge on any atom is 0.242 e. The van der Waals surface area contributed by atoms with Gasteiger partial charge in [0.25, 0.3) is 0 Å². The summed E-state index contributed by atoms with van der Waals surface area (Å²) in [5.74, 6) is -0.0635. The van der Waals surface area contributed by atoms with E-state index in [4.69, 9.17) is 16.3 Å². The van der Waals surface area contributed by atoms with Gasteiger partial charge in [-0.15, -0.1) is 0 Å². The highest BCUT2D eigenvalue weighted by Gasteiger charge is 2.12. The Bertz CT molecular complexity index is 410. The number of amides is 1. The molecule has 1 amide bonds. The number of halogens is 1. The summed E-state index contributed by atoms with van der Waals surface area (Å²) >= 11 is 5.93. The molecular formula is C13H19ClN2O2. The van der Waals surface area contributed by atoms with E-state index in [1.54, 1.807) is 7.11 Å². The Morgan fingerprint density at radius 3 is 2.89 bits per heavy atom. The number of hydrogen-bond acceptors (Lipinski definition) is 3. The lowest BCUT2D eigenvalue weighted by Gasteiger charge is -2.17. The zero-order valence-electron chi connectivity index (χ0n) is 10.9. The molecule has 1 atom stereocenters. The first kappa shape index (κ1) is 14.8. The van der Waals surface area contributed by atoms with Crippen LogP contribution in [0.5, 0.6) is 0 Å². The number of benzene rings is 1. The van der Waals surface area contributed by atoms with Gasteiger partial charge in [-0.25, -0.2) is 0 Å². The monoisotopic (exact) mass is 270 g/mol. The third-order valence-corrected chi connectivity index (χ3v) is 2.81. The fourth-order valence-electron chi connectivity index (χ4n) is 1.48. The lowest BCUT2D eigenvalue weighted by atomic mass is 10.2. The molecule has 100 valence electrons. The quantitative estimate of drug-likeness (QED) is 0.780. The highest BCUT2D eigenvalue weighted by molar-refractivity contribution is 6.30. The molecule has 1 aromatic carbocycles. The fraction of sp³-hybridized carbons (Fsp3) is 0.462. The predicted molar refractivity (Wildman–Crippen MR) is 74.2 cm³/mol. The molecule has 0 aliphatic rings. The lowest BCUT2D eigenvalue weighted by molar-refractivity contribution is -0.121. The summed E-state index contributed by atoms with van der Waals surface area (Å²) in [6, 6.07) is 5.24. The molecule has 0 aliphatic heterocycles. The van der Waals surface area contributed by atoms with Gasteiger partial charge < -0.3 is 15.4 Å². The summed E-state index contributed by atoms with van der Waals surface area (Å²) in [7, 11) is 1.60. The minimum absolute atomic E-state index is 0.0635. The molecule has 0 aliphatic carbocycles. The van der Waals surface area contributed by atoms with Crippen molar-refractivity contribution in [3.05, 3.63) is 28.8 Å². The highest BCUT2D eigenvalue weighted by Crippen LogP contribution is 2.20. The van der Waals surface area contributed by atoms with Crippen molar-refractivity contribution in [1.82, 2.24) is 5.32 Å². The first-order chi connectivity index (χ1) is 8.54. The molecule has 4 nitrogen and oxygen atoms in total. The molecule has 0 bridgehead atoms. The first-order valence-electron chi connectivity index (χ1n) is 5.84. The molecule has 0 saturated carbocycles. The van der Waals surface area contributed by atoms with Gasteiger partial charge >= 0.3 is 0 Å². The van der Waals surface area contributed by atoms with E-state index in [-0.39, 0.29) is 11.9 Å². The first-order valence-corrected chi connectivity index (χ1v) is 6.21. The van der Waals surface area contributed by atoms with Crippen LogP contribution in [0.25, 0.3) is 0 Å². The van der Waals surface area contributed by atoms with E-state index in [0.717, 1.165) is 11.3 Å². The van der Waals surface area contributed by atoms with Crippen LogP contribution in [0.2, 0.25) is 5.02 Å². The summed E-state index contributed by atoms with van der Waals surface area (Å²) in [4.78, 5) is 11.8. The van der Waals surface area contributed by atoms with Crippen LogP contribution in [-0.2, 0) is 9.53 Å². The fourth-order valence-corrected chi connectivity index (χ4v) is 1.65. The van der Waals surface area contributed by atoms with E-state index in [1.165, 1.54) is 0 Å². The van der Waals surface area contributed by atoms with Gasteiger partial charge in [-0.2, -0.15) is 0 Å². The zero-order chi connectivity index (χ0) is 13.5. The third kappa shape index (κ3) is 4.55. The van der Waals surface area contributed by atoms with Gasteiger partial charge in [0.05, 0.1) is 6.61 Å². The number of carbonyl (C=O) groups excluding carboxylic acids is 1. The van der Waals surface area contributed by atoms with Crippen LogP contribution in [0.15, 0.2) is 18.2 Å². The molecule has 1 unspecified atom stereocenters. The van der Waals surface area contributed by atoms with Crippen LogP contribution < -0.4 is 10.6 Å². The van der Waals surface area contributed by atoms with Crippen LogP contribution in [0.1, 0.15) is 12.5 Å². The average molecular weight is 271 g/mol. The predicted octanol–water partition coefficient (Wildman–Crippen LogP) is 2.21. The number of rotatable bonds is 6. The molecule has 1 rings (SSSR count). The van der Waals surface area contributed by atoms with Gasteiger partial charge in [-0.3, -0.25) is 4.79 Å². The smallest absolute Gasteiger partial charge is 0.242 e. The second kappa shape index (κ2) is 7.24. The molecule has 18 heavy (non-hydrogen) atoms. The summed E-state index contributed by atoms with van der Waals surface area (Å²) in [6.45, 7) is 4.79. The van der Waals surface area contributed by atoms with E-state index in [1.807, 2.05) is 32.0 Å². The molecule has 5 heteroatoms. The number of ether oxygens (including phenoxy) is 1. The summed E-state index contributed by atoms with van der Waals surface area (Å²) < 4.78 is 4.87. The van der Waals surface area contributed by atoms with Crippen molar-refractivity contribution in [2.75, 3.05) is 25.6 Å². The molecule has 2 N–H and O–H groups in total. The van der Waals surface area contributed by atoms with Gasteiger partial charge in [0.15, 0.2) is 0 Å². The number of aryl methyl sites for hydroxylation is 1. The van der Waals surface area contributed by atoms with E-state index in [9.17, 15) is 4.79 Å². The van der Waals surface area contributed by atoms with Crippen molar-refractivity contribution in [2.45, 2.75) is 19.9 Å². The van der Waals surface area contributed by atoms with E-state index >= 15 is 0 Å². The van der Waals surface area contributed by atoms with Crippen molar-refractivity contribution >= 4 is 23.2 Å². The van der Waals surface area contributed by atoms with Crippen LogP contribution in [-0.4, -0.2) is 32.2 Å². The lowest BCUT2D eigenvalue weighted by Crippen LogP contribution is -2.39.